The van der Waals surface area contributed by atoms with E-state index >= 15 is 0 Å². The van der Waals surface area contributed by atoms with Crippen molar-refractivity contribution >= 4 is 34.0 Å². The summed E-state index contributed by atoms with van der Waals surface area (Å²) in [5, 5.41) is 2.61. The van der Waals surface area contributed by atoms with Crippen LogP contribution in [-0.2, 0) is 16.5 Å². The first-order valence-corrected chi connectivity index (χ1v) is 12.6. The molecule has 0 aliphatic carbocycles. The fraction of sp³-hybridized carbons (Fsp3) is 0.0400. The second-order valence-electron chi connectivity index (χ2n) is 7.26. The highest BCUT2D eigenvalue weighted by Gasteiger charge is 2.31. The van der Waals surface area contributed by atoms with Crippen LogP contribution in [0.1, 0.15) is 11.1 Å². The summed E-state index contributed by atoms with van der Waals surface area (Å²) in [6, 6.07) is 30.5. The molecule has 5 rings (SSSR count). The third-order valence-electron chi connectivity index (χ3n) is 5.29. The first-order valence-electron chi connectivity index (χ1n) is 9.82. The van der Waals surface area contributed by atoms with Crippen molar-refractivity contribution in [1.29, 1.82) is 0 Å². The summed E-state index contributed by atoms with van der Waals surface area (Å²) < 4.78 is 41.2. The van der Waals surface area contributed by atoms with Crippen LogP contribution in [0.3, 0.4) is 0 Å². The number of benzene rings is 4. The predicted molar refractivity (Wildman–Crippen MR) is 124 cm³/mol. The van der Waals surface area contributed by atoms with E-state index in [4.69, 9.17) is 4.74 Å². The summed E-state index contributed by atoms with van der Waals surface area (Å²) in [5.74, 6) is 1.39. The third kappa shape index (κ3) is 3.77. The van der Waals surface area contributed by atoms with Crippen LogP contribution in [0.5, 0.6) is 11.5 Å². The SMILES string of the molecule is O=S(=O)(O)c1ccc2c(c1P(c1ccccc1)c1ccccc1)Cc1ccccc1O2. The fourth-order valence-electron chi connectivity index (χ4n) is 3.94. The lowest BCUT2D eigenvalue weighted by atomic mass is 10.0. The Bertz CT molecular complexity index is 1310. The quantitative estimate of drug-likeness (QED) is 0.329. The van der Waals surface area contributed by atoms with E-state index in [2.05, 4.69) is 0 Å². The van der Waals surface area contributed by atoms with Gasteiger partial charge < -0.3 is 4.74 Å². The highest BCUT2D eigenvalue weighted by molar-refractivity contribution is 7.88. The van der Waals surface area contributed by atoms with E-state index in [1.165, 1.54) is 6.07 Å². The van der Waals surface area contributed by atoms with Crippen molar-refractivity contribution in [1.82, 2.24) is 0 Å². The molecular weight excluding hydrogens is 427 g/mol. The van der Waals surface area contributed by atoms with E-state index < -0.39 is 18.0 Å². The third-order valence-corrected chi connectivity index (χ3v) is 8.93. The molecule has 4 nitrogen and oxygen atoms in total. The van der Waals surface area contributed by atoms with Gasteiger partial charge in [0, 0.05) is 17.3 Å². The van der Waals surface area contributed by atoms with Crippen molar-refractivity contribution in [3.8, 4) is 11.5 Å². The Morgan fingerprint density at radius 2 is 1.29 bits per heavy atom. The first-order chi connectivity index (χ1) is 15.0. The fourth-order valence-corrected chi connectivity index (χ4v) is 7.67. The van der Waals surface area contributed by atoms with E-state index in [0.717, 1.165) is 27.5 Å². The molecule has 4 aromatic rings. The highest BCUT2D eigenvalue weighted by Crippen LogP contribution is 2.43. The Morgan fingerprint density at radius 3 is 1.90 bits per heavy atom. The lowest BCUT2D eigenvalue weighted by molar-refractivity contribution is 0.459. The smallest absolute Gasteiger partial charge is 0.295 e. The lowest BCUT2D eigenvalue weighted by Gasteiger charge is -2.28. The summed E-state index contributed by atoms with van der Waals surface area (Å²) in [4.78, 5) is -0.0620. The van der Waals surface area contributed by atoms with Gasteiger partial charge in [-0.1, -0.05) is 78.9 Å². The van der Waals surface area contributed by atoms with Gasteiger partial charge in [0.05, 0.1) is 0 Å². The van der Waals surface area contributed by atoms with Gasteiger partial charge in [0.25, 0.3) is 10.1 Å². The van der Waals surface area contributed by atoms with Gasteiger partial charge in [-0.15, -0.1) is 0 Å². The Labute approximate surface area is 182 Å². The van der Waals surface area contributed by atoms with Crippen molar-refractivity contribution in [2.24, 2.45) is 0 Å². The van der Waals surface area contributed by atoms with Gasteiger partial charge in [0.1, 0.15) is 16.4 Å². The maximum atomic E-state index is 12.5. The van der Waals surface area contributed by atoms with Crippen molar-refractivity contribution in [3.05, 3.63) is 108 Å². The molecule has 0 unspecified atom stereocenters. The predicted octanol–water partition coefficient (Wildman–Crippen LogP) is 4.39. The van der Waals surface area contributed by atoms with Crippen molar-refractivity contribution in [3.63, 3.8) is 0 Å². The van der Waals surface area contributed by atoms with Crippen molar-refractivity contribution in [2.45, 2.75) is 11.3 Å². The second kappa shape index (κ2) is 7.93. The number of hydrogen-bond donors (Lipinski definition) is 1. The Morgan fingerprint density at radius 1 is 0.710 bits per heavy atom. The number of para-hydroxylation sites is 1. The normalized spacial score (nSPS) is 12.7. The summed E-state index contributed by atoms with van der Waals surface area (Å²) in [5.41, 5.74) is 1.78. The zero-order valence-corrected chi connectivity index (χ0v) is 18.2. The molecule has 154 valence electrons. The molecule has 1 N–H and O–H groups in total. The molecule has 0 atom stereocenters. The molecule has 0 bridgehead atoms. The number of ether oxygens (including phenoxy) is 1. The molecule has 0 radical (unpaired) electrons. The molecule has 0 spiro atoms. The second-order valence-corrected chi connectivity index (χ2v) is 10.8. The van der Waals surface area contributed by atoms with E-state index in [1.54, 1.807) is 6.07 Å². The zero-order valence-electron chi connectivity index (χ0n) is 16.5. The minimum Gasteiger partial charge on any atom is -0.457 e. The largest absolute Gasteiger partial charge is 0.457 e. The Hall–Kier alpha value is -2.98. The standard InChI is InChI=1S/C25H19O4PS/c26-31(27,28)24-16-15-23-21(17-18-9-7-8-14-22(18)29-23)25(24)30(19-10-3-1-4-11-19)20-12-5-2-6-13-20/h1-16H,17H2,(H,26,27,28). The summed E-state index contributed by atoms with van der Waals surface area (Å²) >= 11 is 0. The molecule has 0 saturated carbocycles. The van der Waals surface area contributed by atoms with E-state index in [0.29, 0.717) is 17.5 Å². The monoisotopic (exact) mass is 446 g/mol. The zero-order chi connectivity index (χ0) is 21.4. The molecule has 0 aromatic heterocycles. The molecule has 0 fully saturated rings. The lowest BCUT2D eigenvalue weighted by Crippen LogP contribution is -2.29. The summed E-state index contributed by atoms with van der Waals surface area (Å²) in [6.45, 7) is 0. The molecule has 1 aliphatic heterocycles. The molecule has 0 saturated heterocycles. The molecule has 31 heavy (non-hydrogen) atoms. The minimum absolute atomic E-state index is 0.0620. The van der Waals surface area contributed by atoms with Crippen LogP contribution in [0.4, 0.5) is 0 Å². The first kappa shape index (κ1) is 20.0. The van der Waals surface area contributed by atoms with Crippen LogP contribution in [0, 0.1) is 0 Å². The van der Waals surface area contributed by atoms with Gasteiger partial charge in [-0.25, -0.2) is 0 Å². The average molecular weight is 446 g/mol. The maximum Gasteiger partial charge on any atom is 0.295 e. The van der Waals surface area contributed by atoms with Gasteiger partial charge >= 0.3 is 0 Å². The summed E-state index contributed by atoms with van der Waals surface area (Å²) in [7, 11) is -5.70. The van der Waals surface area contributed by atoms with E-state index in [1.807, 2.05) is 84.9 Å². The molecule has 4 aromatic carbocycles. The van der Waals surface area contributed by atoms with E-state index in [9.17, 15) is 13.0 Å². The molecule has 1 heterocycles. The molecule has 1 aliphatic rings. The Balaban J connectivity index is 1.82. The van der Waals surface area contributed by atoms with Gasteiger partial charge in [-0.05, 0) is 42.3 Å². The van der Waals surface area contributed by atoms with Crippen molar-refractivity contribution < 1.29 is 17.7 Å². The van der Waals surface area contributed by atoms with Gasteiger partial charge in [-0.2, -0.15) is 8.42 Å². The minimum atomic E-state index is -4.44. The van der Waals surface area contributed by atoms with Crippen LogP contribution < -0.4 is 20.7 Å². The molecular formula is C25H19O4PS. The van der Waals surface area contributed by atoms with Gasteiger partial charge in [-0.3, -0.25) is 4.55 Å². The topological polar surface area (TPSA) is 63.6 Å². The van der Waals surface area contributed by atoms with Crippen molar-refractivity contribution in [2.75, 3.05) is 0 Å². The van der Waals surface area contributed by atoms with E-state index in [-0.39, 0.29) is 4.90 Å². The van der Waals surface area contributed by atoms with Crippen LogP contribution in [-0.4, -0.2) is 13.0 Å². The van der Waals surface area contributed by atoms with Crippen LogP contribution in [0.25, 0.3) is 0 Å². The van der Waals surface area contributed by atoms with Crippen LogP contribution in [0.2, 0.25) is 0 Å². The van der Waals surface area contributed by atoms with Crippen LogP contribution in [0.15, 0.2) is 102 Å². The number of fused-ring (bicyclic) bond motifs is 2. The maximum absolute atomic E-state index is 12.5. The molecule has 0 amide bonds. The number of hydrogen-bond acceptors (Lipinski definition) is 3. The van der Waals surface area contributed by atoms with Gasteiger partial charge in [0.15, 0.2) is 0 Å². The average Bonchev–Trinajstić information content (AvgIpc) is 2.79. The molecule has 6 heteroatoms. The van der Waals surface area contributed by atoms with Crippen LogP contribution >= 0.6 is 7.92 Å². The Kier molecular flexibility index (Phi) is 5.11. The number of rotatable bonds is 4. The highest BCUT2D eigenvalue weighted by atomic mass is 32.2. The summed E-state index contributed by atoms with van der Waals surface area (Å²) in [6.07, 6.45) is 0.530. The van der Waals surface area contributed by atoms with Gasteiger partial charge in [0.2, 0.25) is 0 Å².